The molecule has 0 spiro atoms. The second-order valence-corrected chi connectivity index (χ2v) is 3.44. The largest absolute Gasteiger partial charge is 0.390 e. The SMILES string of the molecule is O=C(CC1CNC1)NCCC(F)(F)F. The van der Waals surface area contributed by atoms with Crippen LogP contribution in [0.5, 0.6) is 0 Å². The molecule has 14 heavy (non-hydrogen) atoms. The zero-order valence-corrected chi connectivity index (χ0v) is 7.66. The molecule has 1 fully saturated rings. The monoisotopic (exact) mass is 210 g/mol. The van der Waals surface area contributed by atoms with Crippen LogP contribution in [0.25, 0.3) is 0 Å². The van der Waals surface area contributed by atoms with Gasteiger partial charge < -0.3 is 10.6 Å². The molecule has 0 aromatic carbocycles. The van der Waals surface area contributed by atoms with Gasteiger partial charge in [-0.3, -0.25) is 4.79 Å². The molecule has 2 N–H and O–H groups in total. The minimum atomic E-state index is -4.19. The van der Waals surface area contributed by atoms with Crippen molar-refractivity contribution in [1.82, 2.24) is 10.6 Å². The molecule has 1 amide bonds. The quantitative estimate of drug-likeness (QED) is 0.715. The lowest BCUT2D eigenvalue weighted by Gasteiger charge is -2.26. The van der Waals surface area contributed by atoms with Crippen molar-refractivity contribution in [3.8, 4) is 0 Å². The number of nitrogens with one attached hydrogen (secondary N) is 2. The maximum atomic E-state index is 11.7. The summed E-state index contributed by atoms with van der Waals surface area (Å²) in [5.41, 5.74) is 0. The maximum absolute atomic E-state index is 11.7. The molecule has 0 atom stereocenters. The first-order valence-electron chi connectivity index (χ1n) is 4.51. The average Bonchev–Trinajstić information content (AvgIpc) is 1.94. The third-order valence-corrected chi connectivity index (χ3v) is 2.07. The Bertz CT molecular complexity index is 201. The van der Waals surface area contributed by atoms with E-state index in [9.17, 15) is 18.0 Å². The lowest BCUT2D eigenvalue weighted by Crippen LogP contribution is -2.44. The van der Waals surface area contributed by atoms with Gasteiger partial charge in [0.25, 0.3) is 0 Å². The highest BCUT2D eigenvalue weighted by atomic mass is 19.4. The number of hydrogen-bond donors (Lipinski definition) is 2. The van der Waals surface area contributed by atoms with Gasteiger partial charge in [0.1, 0.15) is 0 Å². The summed E-state index contributed by atoms with van der Waals surface area (Å²) in [6.07, 6.45) is -4.82. The molecule has 0 aromatic rings. The molecular weight excluding hydrogens is 197 g/mol. The molecule has 0 saturated carbocycles. The topological polar surface area (TPSA) is 41.1 Å². The van der Waals surface area contributed by atoms with Crippen LogP contribution >= 0.6 is 0 Å². The molecule has 1 saturated heterocycles. The molecule has 0 aliphatic carbocycles. The van der Waals surface area contributed by atoms with Gasteiger partial charge in [0.05, 0.1) is 6.42 Å². The van der Waals surface area contributed by atoms with Gasteiger partial charge in [-0.05, 0) is 19.0 Å². The van der Waals surface area contributed by atoms with Crippen molar-refractivity contribution >= 4 is 5.91 Å². The summed E-state index contributed by atoms with van der Waals surface area (Å²) in [7, 11) is 0. The fourth-order valence-electron chi connectivity index (χ4n) is 1.17. The predicted molar refractivity (Wildman–Crippen MR) is 44.7 cm³/mol. The first-order chi connectivity index (χ1) is 6.47. The van der Waals surface area contributed by atoms with Gasteiger partial charge in [0, 0.05) is 13.0 Å². The minimum Gasteiger partial charge on any atom is -0.356 e. The Morgan fingerprint density at radius 2 is 2.07 bits per heavy atom. The van der Waals surface area contributed by atoms with E-state index in [1.807, 2.05) is 0 Å². The second kappa shape index (κ2) is 4.63. The van der Waals surface area contributed by atoms with Crippen molar-refractivity contribution in [2.75, 3.05) is 19.6 Å². The number of halogens is 3. The number of carbonyl (C=O) groups excluding carboxylic acids is 1. The molecule has 1 heterocycles. The van der Waals surface area contributed by atoms with E-state index in [1.54, 1.807) is 0 Å². The minimum absolute atomic E-state index is 0.291. The van der Waals surface area contributed by atoms with Crippen LogP contribution in [0, 0.1) is 5.92 Å². The lowest BCUT2D eigenvalue weighted by atomic mass is 9.99. The highest BCUT2D eigenvalue weighted by molar-refractivity contribution is 5.76. The van der Waals surface area contributed by atoms with Crippen molar-refractivity contribution in [2.45, 2.75) is 19.0 Å². The molecule has 1 aliphatic heterocycles. The molecule has 6 heteroatoms. The fourth-order valence-corrected chi connectivity index (χ4v) is 1.17. The summed E-state index contributed by atoms with van der Waals surface area (Å²) in [5.74, 6) is 0.00152. The van der Waals surface area contributed by atoms with Gasteiger partial charge in [-0.1, -0.05) is 0 Å². The van der Waals surface area contributed by atoms with Gasteiger partial charge in [-0.2, -0.15) is 13.2 Å². The average molecular weight is 210 g/mol. The Morgan fingerprint density at radius 3 is 2.50 bits per heavy atom. The van der Waals surface area contributed by atoms with Crippen LogP contribution in [0.3, 0.4) is 0 Å². The van der Waals surface area contributed by atoms with Crippen molar-refractivity contribution in [2.24, 2.45) is 5.92 Å². The van der Waals surface area contributed by atoms with Gasteiger partial charge in [-0.15, -0.1) is 0 Å². The molecule has 0 bridgehead atoms. The van der Waals surface area contributed by atoms with Crippen molar-refractivity contribution in [3.63, 3.8) is 0 Å². The van der Waals surface area contributed by atoms with Crippen LogP contribution in [-0.4, -0.2) is 31.7 Å². The summed E-state index contributed by atoms with van der Waals surface area (Å²) in [6, 6.07) is 0. The molecular formula is C8H13F3N2O. The Kier molecular flexibility index (Phi) is 3.74. The van der Waals surface area contributed by atoms with E-state index in [4.69, 9.17) is 0 Å². The molecule has 1 rings (SSSR count). The van der Waals surface area contributed by atoms with Crippen LogP contribution in [0.2, 0.25) is 0 Å². The number of amides is 1. The first-order valence-corrected chi connectivity index (χ1v) is 4.51. The van der Waals surface area contributed by atoms with Crippen LogP contribution in [0.15, 0.2) is 0 Å². The van der Waals surface area contributed by atoms with E-state index in [0.717, 1.165) is 13.1 Å². The zero-order valence-electron chi connectivity index (χ0n) is 7.66. The van der Waals surface area contributed by atoms with Crippen LogP contribution < -0.4 is 10.6 Å². The van der Waals surface area contributed by atoms with E-state index >= 15 is 0 Å². The molecule has 0 unspecified atom stereocenters. The van der Waals surface area contributed by atoms with E-state index < -0.39 is 12.6 Å². The van der Waals surface area contributed by atoms with Crippen molar-refractivity contribution in [1.29, 1.82) is 0 Å². The highest BCUT2D eigenvalue weighted by Crippen LogP contribution is 2.18. The predicted octanol–water partition coefficient (Wildman–Crippen LogP) is 0.664. The molecule has 3 nitrogen and oxygen atoms in total. The Labute approximate surface area is 80.0 Å². The fraction of sp³-hybridized carbons (Fsp3) is 0.875. The van der Waals surface area contributed by atoms with Crippen molar-refractivity contribution < 1.29 is 18.0 Å². The zero-order chi connectivity index (χ0) is 10.6. The third kappa shape index (κ3) is 4.45. The molecule has 0 aromatic heterocycles. The van der Waals surface area contributed by atoms with Gasteiger partial charge in [-0.25, -0.2) is 0 Å². The van der Waals surface area contributed by atoms with Gasteiger partial charge in [0.15, 0.2) is 0 Å². The highest BCUT2D eigenvalue weighted by Gasteiger charge is 2.27. The van der Waals surface area contributed by atoms with Crippen molar-refractivity contribution in [3.05, 3.63) is 0 Å². The van der Waals surface area contributed by atoms with Gasteiger partial charge >= 0.3 is 6.18 Å². The Balaban J connectivity index is 2.03. The number of carbonyl (C=O) groups is 1. The number of rotatable bonds is 4. The van der Waals surface area contributed by atoms with Crippen LogP contribution in [0.4, 0.5) is 13.2 Å². The summed E-state index contributed by atoms with van der Waals surface area (Å²) < 4.78 is 35.1. The second-order valence-electron chi connectivity index (χ2n) is 3.44. The summed E-state index contributed by atoms with van der Waals surface area (Å²) >= 11 is 0. The summed E-state index contributed by atoms with van der Waals surface area (Å²) in [6.45, 7) is 1.25. The van der Waals surface area contributed by atoms with Crippen LogP contribution in [0.1, 0.15) is 12.8 Å². The molecule has 0 radical (unpaired) electrons. The summed E-state index contributed by atoms with van der Waals surface area (Å²) in [5, 5.41) is 5.24. The molecule has 82 valence electrons. The third-order valence-electron chi connectivity index (χ3n) is 2.07. The molecule has 1 aliphatic rings. The Hall–Kier alpha value is -0.780. The van der Waals surface area contributed by atoms with E-state index in [-0.39, 0.29) is 12.5 Å². The standard InChI is InChI=1S/C8H13F3N2O/c9-8(10,11)1-2-13-7(14)3-6-4-12-5-6/h6,12H,1-5H2,(H,13,14). The number of hydrogen-bond acceptors (Lipinski definition) is 2. The van der Waals surface area contributed by atoms with E-state index in [2.05, 4.69) is 10.6 Å². The summed E-state index contributed by atoms with van der Waals surface area (Å²) in [4.78, 5) is 11.0. The number of alkyl halides is 3. The van der Waals surface area contributed by atoms with E-state index in [0.29, 0.717) is 12.3 Å². The van der Waals surface area contributed by atoms with Crippen LogP contribution in [-0.2, 0) is 4.79 Å². The van der Waals surface area contributed by atoms with E-state index in [1.165, 1.54) is 0 Å². The first kappa shape index (κ1) is 11.3. The normalized spacial score (nSPS) is 17.6. The van der Waals surface area contributed by atoms with Gasteiger partial charge in [0.2, 0.25) is 5.91 Å². The smallest absolute Gasteiger partial charge is 0.356 e. The Morgan fingerprint density at radius 1 is 1.43 bits per heavy atom. The lowest BCUT2D eigenvalue weighted by molar-refractivity contribution is -0.135. The maximum Gasteiger partial charge on any atom is 0.390 e.